The molecule has 11 nitrogen and oxygen atoms in total. The van der Waals surface area contributed by atoms with Gasteiger partial charge in [0.25, 0.3) is 0 Å². The Labute approximate surface area is 556 Å². The lowest BCUT2D eigenvalue weighted by atomic mass is 9.72. The van der Waals surface area contributed by atoms with Gasteiger partial charge in [-0.15, -0.1) is 0 Å². The van der Waals surface area contributed by atoms with E-state index >= 15 is 0 Å². The quantitative estimate of drug-likeness (QED) is 0.0864. The molecule has 26 heteroatoms. The highest BCUT2D eigenvalue weighted by Crippen LogP contribution is 2.44. The second-order valence-corrected chi connectivity index (χ2v) is 101. The molecule has 0 aromatic rings. The Hall–Kier alpha value is 2.81. The standard InChI is InChI=1S/C13H36O3Si4.C13H28Si.C12H32O2Si3.C11H30O4Si4.C11H30O2Si3/c1-13(2)12-20(14-17(3,4)5,15-18(6,7)8)16-19(9,10)11;1-13(2,11-14(3,4)5)12-9-7-6-8-10-12;1-12(2,3)11-16(7,8)14-17(9,10)13-15(4,5)6;1-11(2)10-19(9)14-17(5,6)12-16(3,4)13-18(7,8)15-19;1-11(2)10-16(9,12-14(3,4)5)13-15(6,7)8/h13H,12H2,1-11H3;12H,6-11H2,1-5H3;11H2,1-10H3;11H,10H2,1-9H3;11H,10H2,1-9H3. The minimum atomic E-state index is -2.58. The van der Waals surface area contributed by atoms with Crippen LogP contribution in [-0.4, -0.2) is 126 Å². The first-order valence-corrected chi connectivity index (χ1v) is 79.3. The van der Waals surface area contributed by atoms with Crippen LogP contribution < -0.4 is 0 Å². The van der Waals surface area contributed by atoms with Crippen LogP contribution in [0.15, 0.2) is 0 Å². The largest absolute Gasteiger partial charge is 0.469 e. The summed E-state index contributed by atoms with van der Waals surface area (Å²) in [6.07, 6.45) is 7.45. The molecule has 0 aromatic heterocycles. The van der Waals surface area contributed by atoms with Crippen LogP contribution in [0.2, 0.25) is 246 Å². The van der Waals surface area contributed by atoms with E-state index in [1.165, 1.54) is 44.2 Å². The Morgan fingerprint density at radius 1 is 0.384 bits per heavy atom. The van der Waals surface area contributed by atoms with Crippen molar-refractivity contribution in [1.82, 2.24) is 0 Å². The molecule has 1 saturated heterocycles. The summed E-state index contributed by atoms with van der Waals surface area (Å²) in [4.78, 5) is 0. The van der Waals surface area contributed by atoms with Crippen LogP contribution in [0.4, 0.5) is 0 Å². The van der Waals surface area contributed by atoms with Crippen molar-refractivity contribution in [3.05, 3.63) is 0 Å². The number of hydrogen-bond acceptors (Lipinski definition) is 11. The summed E-state index contributed by atoms with van der Waals surface area (Å²) in [5.41, 5.74) is 0.963. The van der Waals surface area contributed by atoms with Crippen molar-refractivity contribution >= 4 is 126 Å². The third-order valence-electron chi connectivity index (χ3n) is 12.3. The second-order valence-electron chi connectivity index (χ2n) is 38.7. The molecule has 86 heavy (non-hydrogen) atoms. The van der Waals surface area contributed by atoms with Gasteiger partial charge in [-0.2, -0.15) is 0 Å². The Balaban J connectivity index is -0.00000101. The smallest absolute Gasteiger partial charge is 0.437 e. The van der Waals surface area contributed by atoms with Gasteiger partial charge in [0, 0.05) is 14.1 Å². The van der Waals surface area contributed by atoms with Gasteiger partial charge in [-0.3, -0.25) is 0 Å². The maximum atomic E-state index is 6.59. The topological polar surface area (TPSA) is 102 Å². The molecule has 1 aliphatic heterocycles. The van der Waals surface area contributed by atoms with Gasteiger partial charge >= 0.3 is 60.2 Å². The predicted octanol–water partition coefficient (Wildman–Crippen LogP) is 23.2. The van der Waals surface area contributed by atoms with Gasteiger partial charge in [0.1, 0.15) is 0 Å². The van der Waals surface area contributed by atoms with Crippen LogP contribution in [0.5, 0.6) is 0 Å². The summed E-state index contributed by atoms with van der Waals surface area (Å²) in [5.74, 6) is 2.77. The average Bonchev–Trinajstić information content (AvgIpc) is 3.05. The van der Waals surface area contributed by atoms with Crippen LogP contribution in [0, 0.1) is 34.5 Å². The first-order valence-electron chi connectivity index (χ1n) is 33.8. The third-order valence-corrected chi connectivity index (χ3v) is 63.9. The van der Waals surface area contributed by atoms with Crippen LogP contribution >= 0.6 is 0 Å². The van der Waals surface area contributed by atoms with Crippen molar-refractivity contribution in [2.24, 2.45) is 34.5 Å². The van der Waals surface area contributed by atoms with Crippen molar-refractivity contribution in [1.29, 1.82) is 0 Å². The molecular weight excluding hydrogens is 1320 g/mol. The van der Waals surface area contributed by atoms with Gasteiger partial charge in [0.2, 0.25) is 0 Å². The molecule has 1 heterocycles. The highest BCUT2D eigenvalue weighted by atomic mass is 28.5. The van der Waals surface area contributed by atoms with E-state index in [0.29, 0.717) is 28.6 Å². The van der Waals surface area contributed by atoms with Gasteiger partial charge in [0.15, 0.2) is 58.2 Å². The van der Waals surface area contributed by atoms with Gasteiger partial charge in [-0.25, -0.2) is 0 Å². The van der Waals surface area contributed by atoms with E-state index in [1.807, 2.05) is 0 Å². The molecular formula is C60H156O11Si15. The molecule has 0 unspecified atom stereocenters. The highest BCUT2D eigenvalue weighted by molar-refractivity contribution is 6.94. The van der Waals surface area contributed by atoms with Crippen LogP contribution in [0.1, 0.15) is 108 Å². The molecule has 1 saturated carbocycles. The number of hydrogen-bond donors (Lipinski definition) is 0. The highest BCUT2D eigenvalue weighted by Gasteiger charge is 2.53. The van der Waals surface area contributed by atoms with E-state index in [1.54, 1.807) is 0 Å². The molecule has 0 radical (unpaired) electrons. The van der Waals surface area contributed by atoms with Crippen LogP contribution in [0.25, 0.3) is 0 Å². The van der Waals surface area contributed by atoms with E-state index in [-0.39, 0.29) is 0 Å². The molecule has 2 rings (SSSR count). The molecule has 0 spiro atoms. The Kier molecular flexibility index (Phi) is 37.7. The maximum absolute atomic E-state index is 6.59. The van der Waals surface area contributed by atoms with E-state index < -0.39 is 126 Å². The summed E-state index contributed by atoms with van der Waals surface area (Å²) in [5, 5.41) is 0. The minimum Gasteiger partial charge on any atom is -0.437 e. The van der Waals surface area contributed by atoms with Crippen LogP contribution in [0.3, 0.4) is 0 Å². The summed E-state index contributed by atoms with van der Waals surface area (Å²) >= 11 is 0. The molecule has 0 atom stereocenters. The fraction of sp³-hybridized carbons (Fsp3) is 1.00. The molecule has 0 aromatic carbocycles. The lowest BCUT2D eigenvalue weighted by Gasteiger charge is -2.47. The van der Waals surface area contributed by atoms with E-state index in [0.717, 1.165) is 24.1 Å². The van der Waals surface area contributed by atoms with Crippen LogP contribution in [-0.2, 0) is 45.3 Å². The summed E-state index contributed by atoms with van der Waals surface area (Å²) in [6, 6.07) is 5.73. The summed E-state index contributed by atoms with van der Waals surface area (Å²) in [6.45, 7) is 99.3. The lowest BCUT2D eigenvalue weighted by Crippen LogP contribution is -2.65. The normalized spacial score (nSPS) is 19.0. The fourth-order valence-electron chi connectivity index (χ4n) is 13.5. The molecule has 522 valence electrons. The second kappa shape index (κ2) is 34.8. The molecule has 2 fully saturated rings. The van der Waals surface area contributed by atoms with E-state index in [2.05, 4.69) is 292 Å². The monoisotopic (exact) mass is 1470 g/mol. The van der Waals surface area contributed by atoms with Gasteiger partial charge in [0.05, 0.1) is 0 Å². The molecule has 1 aliphatic carbocycles. The Morgan fingerprint density at radius 3 is 0.965 bits per heavy atom. The van der Waals surface area contributed by atoms with E-state index in [4.69, 9.17) is 45.3 Å². The van der Waals surface area contributed by atoms with Gasteiger partial charge in [-0.05, 0) is 262 Å². The minimum absolute atomic E-state index is 0.347. The molecule has 0 N–H and O–H groups in total. The SMILES string of the molecule is CC(C)(C)C[Si](C)(C)O[Si](C)(C)O[Si](C)(C)C.CC(C)(C[Si](C)(C)C)C1CCCCC1.CC(C)C[Si](C)(O[Si](C)(C)C)O[Si](C)(C)C.CC(C)C[Si](O[Si](C)(C)C)(O[Si](C)(C)C)O[Si](C)(C)C.CC(C)C[Si]1(C)O[Si](C)(C)O[Si](C)(C)O[Si](C)(C)O1. The zero-order valence-corrected chi connectivity index (χ0v) is 81.4. The Morgan fingerprint density at radius 2 is 0.698 bits per heavy atom. The van der Waals surface area contributed by atoms with Crippen molar-refractivity contribution in [3.63, 3.8) is 0 Å². The van der Waals surface area contributed by atoms with E-state index in [9.17, 15) is 0 Å². The molecule has 0 amide bonds. The average molecular weight is 1480 g/mol. The third kappa shape index (κ3) is 53.0. The zero-order valence-electron chi connectivity index (χ0n) is 66.4. The van der Waals surface area contributed by atoms with Crippen molar-refractivity contribution in [2.45, 2.75) is 355 Å². The van der Waals surface area contributed by atoms with Crippen molar-refractivity contribution < 1.29 is 45.3 Å². The summed E-state index contributed by atoms with van der Waals surface area (Å²) < 4.78 is 70.9. The lowest BCUT2D eigenvalue weighted by molar-refractivity contribution is 0.178. The first kappa shape index (κ1) is 93.0. The van der Waals surface area contributed by atoms with Gasteiger partial charge in [-0.1, -0.05) is 121 Å². The maximum Gasteiger partial charge on any atom is 0.469 e. The Bertz CT molecular complexity index is 1790. The zero-order chi connectivity index (χ0) is 69.7. The number of rotatable bonds is 24. The van der Waals surface area contributed by atoms with Gasteiger partial charge < -0.3 is 45.3 Å². The van der Waals surface area contributed by atoms with Crippen molar-refractivity contribution in [3.8, 4) is 0 Å². The van der Waals surface area contributed by atoms with Crippen molar-refractivity contribution in [2.75, 3.05) is 0 Å². The summed E-state index contributed by atoms with van der Waals surface area (Å²) in [7, 11) is -27.3. The fourth-order valence-corrected chi connectivity index (χ4v) is 81.1. The molecule has 2 aliphatic rings. The first-order chi connectivity index (χ1) is 37.0. The molecule has 0 bridgehead atoms. The predicted molar refractivity (Wildman–Crippen MR) is 420 cm³/mol.